The number of hydrogen-bond donors (Lipinski definition) is 3. The Bertz CT molecular complexity index is 1010. The number of aromatic amines is 1. The van der Waals surface area contributed by atoms with Gasteiger partial charge in [-0.25, -0.2) is 18.1 Å². The predicted octanol–water partition coefficient (Wildman–Crippen LogP) is 2.94. The van der Waals surface area contributed by atoms with Crippen molar-refractivity contribution >= 4 is 32.8 Å². The first-order valence-corrected chi connectivity index (χ1v) is 12.6. The molecule has 2 aromatic rings. The number of halogens is 3. The fourth-order valence-electron chi connectivity index (χ4n) is 4.31. The van der Waals surface area contributed by atoms with Gasteiger partial charge in [-0.2, -0.15) is 23.3 Å². The summed E-state index contributed by atoms with van der Waals surface area (Å²) in [5, 5.41) is 11.6. The first-order chi connectivity index (χ1) is 15.2. The van der Waals surface area contributed by atoms with Gasteiger partial charge in [-0.15, -0.1) is 0 Å². The zero-order valence-electron chi connectivity index (χ0n) is 17.7. The molecule has 0 amide bonds. The molecule has 0 spiro atoms. The van der Waals surface area contributed by atoms with Crippen LogP contribution in [0, 0.1) is 0 Å². The van der Waals surface area contributed by atoms with E-state index < -0.39 is 28.4 Å². The van der Waals surface area contributed by atoms with Gasteiger partial charge in [-0.3, -0.25) is 5.10 Å². The number of nitrogens with zero attached hydrogens (tertiary/aromatic N) is 4. The maximum atomic E-state index is 12.3. The number of sulfonamides is 1. The Morgan fingerprint density at radius 3 is 2.47 bits per heavy atom. The van der Waals surface area contributed by atoms with Crippen LogP contribution < -0.4 is 14.9 Å². The molecule has 0 aromatic carbocycles. The third-order valence-electron chi connectivity index (χ3n) is 6.01. The topological polar surface area (TPSA) is 116 Å². The standard InChI is InChI=1S/C19H28F3N7O2S/c20-19(21,22)8-11-32(30,31)28-14-6-4-13(5-7-14)24-18-23-12-15-16(25-18)26-27-17(15)29-9-2-1-3-10-29/h12-14,28H,1-11H2,(H2,23,24,25,26,27). The summed E-state index contributed by atoms with van der Waals surface area (Å²) in [6, 6.07) is -0.290. The minimum atomic E-state index is -4.49. The van der Waals surface area contributed by atoms with E-state index in [0.29, 0.717) is 37.3 Å². The normalized spacial score (nSPS) is 22.9. The Morgan fingerprint density at radius 1 is 1.09 bits per heavy atom. The molecule has 32 heavy (non-hydrogen) atoms. The highest BCUT2D eigenvalue weighted by atomic mass is 32.2. The van der Waals surface area contributed by atoms with Crippen LogP contribution in [-0.2, 0) is 10.0 Å². The lowest BCUT2D eigenvalue weighted by Gasteiger charge is -2.29. The summed E-state index contributed by atoms with van der Waals surface area (Å²) < 4.78 is 63.1. The van der Waals surface area contributed by atoms with Gasteiger partial charge in [0.2, 0.25) is 16.0 Å². The average molecular weight is 476 g/mol. The summed E-state index contributed by atoms with van der Waals surface area (Å²) in [5.74, 6) is 0.414. The number of anilines is 2. The molecule has 1 saturated heterocycles. The van der Waals surface area contributed by atoms with Gasteiger partial charge in [0.25, 0.3) is 0 Å². The molecule has 2 aromatic heterocycles. The Balaban J connectivity index is 1.29. The minimum Gasteiger partial charge on any atom is -0.355 e. The van der Waals surface area contributed by atoms with Crippen LogP contribution in [0.2, 0.25) is 0 Å². The van der Waals surface area contributed by atoms with Crippen LogP contribution in [-0.4, -0.2) is 65.7 Å². The second-order valence-electron chi connectivity index (χ2n) is 8.55. The van der Waals surface area contributed by atoms with Gasteiger partial charge in [-0.05, 0) is 44.9 Å². The third kappa shape index (κ3) is 6.00. The van der Waals surface area contributed by atoms with E-state index in [0.717, 1.165) is 37.1 Å². The molecule has 178 valence electrons. The van der Waals surface area contributed by atoms with E-state index in [-0.39, 0.29) is 12.1 Å². The maximum absolute atomic E-state index is 12.3. The summed E-state index contributed by atoms with van der Waals surface area (Å²) in [5.41, 5.74) is 0.661. The summed E-state index contributed by atoms with van der Waals surface area (Å²) in [6.07, 6.45) is 1.87. The van der Waals surface area contributed by atoms with Gasteiger partial charge < -0.3 is 10.2 Å². The van der Waals surface area contributed by atoms with Gasteiger partial charge in [0, 0.05) is 31.4 Å². The van der Waals surface area contributed by atoms with E-state index in [4.69, 9.17) is 0 Å². The molecular formula is C19H28F3N7O2S. The highest BCUT2D eigenvalue weighted by Gasteiger charge is 2.31. The smallest absolute Gasteiger partial charge is 0.355 e. The van der Waals surface area contributed by atoms with Gasteiger partial charge in [0.1, 0.15) is 0 Å². The number of fused-ring (bicyclic) bond motifs is 1. The molecule has 13 heteroatoms. The second-order valence-corrected chi connectivity index (χ2v) is 10.4. The number of rotatable bonds is 7. The van der Waals surface area contributed by atoms with Crippen LogP contribution in [0.5, 0.6) is 0 Å². The van der Waals surface area contributed by atoms with Crippen LogP contribution in [0.1, 0.15) is 51.4 Å². The molecule has 3 N–H and O–H groups in total. The van der Waals surface area contributed by atoms with Crippen molar-refractivity contribution in [2.75, 3.05) is 29.1 Å². The Morgan fingerprint density at radius 2 is 1.78 bits per heavy atom. The maximum Gasteiger partial charge on any atom is 0.390 e. The summed E-state index contributed by atoms with van der Waals surface area (Å²) in [4.78, 5) is 11.2. The lowest BCUT2D eigenvalue weighted by Crippen LogP contribution is -2.41. The number of hydrogen-bond acceptors (Lipinski definition) is 7. The van der Waals surface area contributed by atoms with Crippen LogP contribution >= 0.6 is 0 Å². The number of aromatic nitrogens is 4. The molecule has 0 bridgehead atoms. The van der Waals surface area contributed by atoms with Crippen molar-refractivity contribution in [1.29, 1.82) is 0 Å². The summed E-state index contributed by atoms with van der Waals surface area (Å²) >= 11 is 0. The van der Waals surface area contributed by atoms with Crippen molar-refractivity contribution in [3.63, 3.8) is 0 Å². The Labute approximate surface area is 184 Å². The molecule has 0 unspecified atom stereocenters. The van der Waals surface area contributed by atoms with Crippen LogP contribution in [0.15, 0.2) is 6.20 Å². The molecule has 3 heterocycles. The first-order valence-electron chi connectivity index (χ1n) is 11.0. The zero-order valence-corrected chi connectivity index (χ0v) is 18.5. The molecule has 0 radical (unpaired) electrons. The molecule has 1 aliphatic heterocycles. The number of H-pyrrole nitrogens is 1. The van der Waals surface area contributed by atoms with E-state index >= 15 is 0 Å². The van der Waals surface area contributed by atoms with Crippen LogP contribution in [0.25, 0.3) is 11.0 Å². The van der Waals surface area contributed by atoms with E-state index in [1.54, 1.807) is 6.20 Å². The molecular weight excluding hydrogens is 447 g/mol. The quantitative estimate of drug-likeness (QED) is 0.564. The summed E-state index contributed by atoms with van der Waals surface area (Å²) in [6.45, 7) is 1.95. The molecule has 1 saturated carbocycles. The monoisotopic (exact) mass is 475 g/mol. The lowest BCUT2D eigenvalue weighted by molar-refractivity contribution is -0.130. The summed E-state index contributed by atoms with van der Waals surface area (Å²) in [7, 11) is -3.95. The SMILES string of the molecule is O=S(=O)(CCC(F)(F)F)NC1CCC(Nc2ncc3c(N4CCCCC4)n[nH]c3n2)CC1. The Hall–Kier alpha value is -2.15. The third-order valence-corrected chi connectivity index (χ3v) is 7.45. The van der Waals surface area contributed by atoms with Gasteiger partial charge >= 0.3 is 6.18 Å². The largest absolute Gasteiger partial charge is 0.390 e. The van der Waals surface area contributed by atoms with E-state index in [1.807, 2.05) is 0 Å². The zero-order chi connectivity index (χ0) is 22.8. The van der Waals surface area contributed by atoms with E-state index in [9.17, 15) is 21.6 Å². The van der Waals surface area contributed by atoms with Crippen LogP contribution in [0.4, 0.5) is 24.9 Å². The molecule has 0 atom stereocenters. The number of piperidine rings is 1. The highest BCUT2D eigenvalue weighted by Crippen LogP contribution is 2.27. The number of nitrogens with one attached hydrogen (secondary N) is 3. The van der Waals surface area contributed by atoms with Gasteiger partial charge in [-0.1, -0.05) is 0 Å². The van der Waals surface area contributed by atoms with E-state index in [2.05, 4.69) is 35.1 Å². The van der Waals surface area contributed by atoms with Crippen molar-refractivity contribution in [3.05, 3.63) is 6.20 Å². The Kier molecular flexibility index (Phi) is 6.75. The van der Waals surface area contributed by atoms with Crippen molar-refractivity contribution in [2.45, 2.75) is 69.6 Å². The minimum absolute atomic E-state index is 0.0628. The van der Waals surface area contributed by atoms with Crippen molar-refractivity contribution in [3.8, 4) is 0 Å². The van der Waals surface area contributed by atoms with Gasteiger partial charge in [0.05, 0.1) is 17.6 Å². The van der Waals surface area contributed by atoms with Crippen molar-refractivity contribution in [1.82, 2.24) is 24.9 Å². The highest BCUT2D eigenvalue weighted by molar-refractivity contribution is 7.89. The molecule has 2 aliphatic rings. The lowest BCUT2D eigenvalue weighted by atomic mass is 9.92. The first kappa shape index (κ1) is 23.0. The van der Waals surface area contributed by atoms with Crippen LogP contribution in [0.3, 0.4) is 0 Å². The average Bonchev–Trinajstić information content (AvgIpc) is 3.17. The fraction of sp³-hybridized carbons (Fsp3) is 0.737. The molecule has 4 rings (SSSR count). The fourth-order valence-corrected chi connectivity index (χ4v) is 5.68. The predicted molar refractivity (Wildman–Crippen MR) is 115 cm³/mol. The van der Waals surface area contributed by atoms with Crippen molar-refractivity contribution < 1.29 is 21.6 Å². The second kappa shape index (κ2) is 9.38. The van der Waals surface area contributed by atoms with Gasteiger partial charge in [0.15, 0.2) is 11.5 Å². The molecule has 9 nitrogen and oxygen atoms in total. The number of alkyl halides is 3. The molecule has 2 fully saturated rings. The van der Waals surface area contributed by atoms with E-state index in [1.165, 1.54) is 6.42 Å². The van der Waals surface area contributed by atoms with Crippen molar-refractivity contribution in [2.24, 2.45) is 0 Å². The molecule has 1 aliphatic carbocycles.